The second-order valence-electron chi connectivity index (χ2n) is 19.2. The second-order valence-corrected chi connectivity index (χ2v) is 19.2. The Morgan fingerprint density at radius 1 is 0.275 bits per heavy atom. The second kappa shape index (κ2) is 16.1. The minimum absolute atomic E-state index is 0.249. The topological polar surface area (TPSA) is 3.24 Å². The van der Waals surface area contributed by atoms with Crippen LogP contribution in [0.1, 0.15) is 47.2 Å². The van der Waals surface area contributed by atoms with Crippen LogP contribution in [0.3, 0.4) is 0 Å². The summed E-state index contributed by atoms with van der Waals surface area (Å²) in [5, 5.41) is 2.52. The summed E-state index contributed by atoms with van der Waals surface area (Å²) in [4.78, 5) is 2.52. The molecule has 326 valence electrons. The fourth-order valence-corrected chi connectivity index (χ4v) is 11.8. The zero-order valence-electron chi connectivity index (χ0n) is 38.8. The quantitative estimate of drug-likeness (QED) is 0.147. The van der Waals surface area contributed by atoms with Crippen LogP contribution in [0, 0.1) is 0 Å². The van der Waals surface area contributed by atoms with Crippen molar-refractivity contribution in [1.29, 1.82) is 0 Å². The van der Waals surface area contributed by atoms with Crippen LogP contribution >= 0.6 is 0 Å². The number of rotatable bonds is 8. The van der Waals surface area contributed by atoms with E-state index in [1.54, 1.807) is 0 Å². The first kappa shape index (κ1) is 40.7. The first-order valence-electron chi connectivity index (χ1n) is 24.2. The molecule has 0 amide bonds. The third-order valence-electron chi connectivity index (χ3n) is 15.1. The lowest BCUT2D eigenvalue weighted by Gasteiger charge is -2.35. The molecule has 0 aromatic heterocycles. The molecule has 13 rings (SSSR count). The SMILES string of the molecule is CC1(C)c2cc(-c3ccc4ccccc4c3)ccc2-c2ccc(N(c3ccc4c(c3)C(c3ccccc3)(c3ccccc3)c3ccccc3-4)c3ccccc3-c3ccc(-c4ccccc4)cc3)cc21. The molecular weight excluding hydrogens is 831 g/mol. The van der Waals surface area contributed by atoms with Gasteiger partial charge in [-0.05, 0) is 137 Å². The Morgan fingerprint density at radius 3 is 1.42 bits per heavy atom. The van der Waals surface area contributed by atoms with Gasteiger partial charge in [0.25, 0.3) is 0 Å². The largest absolute Gasteiger partial charge is 0.310 e. The van der Waals surface area contributed by atoms with E-state index in [9.17, 15) is 0 Å². The Balaban J connectivity index is 1.01. The maximum Gasteiger partial charge on any atom is 0.0714 e. The minimum atomic E-state index is -0.534. The summed E-state index contributed by atoms with van der Waals surface area (Å²) in [6, 6.07) is 96.9. The predicted octanol–water partition coefficient (Wildman–Crippen LogP) is 18.0. The Kier molecular flexibility index (Phi) is 9.49. The van der Waals surface area contributed by atoms with Gasteiger partial charge in [-0.1, -0.05) is 232 Å². The van der Waals surface area contributed by atoms with Crippen LogP contribution in [0.5, 0.6) is 0 Å². The van der Waals surface area contributed by atoms with Crippen molar-refractivity contribution in [3.8, 4) is 55.6 Å². The summed E-state index contributed by atoms with van der Waals surface area (Å²) < 4.78 is 0. The zero-order valence-corrected chi connectivity index (χ0v) is 38.8. The van der Waals surface area contributed by atoms with Gasteiger partial charge in [-0.3, -0.25) is 0 Å². The van der Waals surface area contributed by atoms with Gasteiger partial charge in [-0.25, -0.2) is 0 Å². The first-order valence-corrected chi connectivity index (χ1v) is 24.2. The Labute approximate surface area is 405 Å². The Bertz CT molecular complexity index is 3700. The van der Waals surface area contributed by atoms with Gasteiger partial charge in [0.05, 0.1) is 11.1 Å². The highest BCUT2D eigenvalue weighted by Crippen LogP contribution is 2.58. The molecule has 0 bridgehead atoms. The number of para-hydroxylation sites is 1. The Hall–Kier alpha value is -8.52. The third-order valence-corrected chi connectivity index (χ3v) is 15.1. The molecule has 0 saturated heterocycles. The van der Waals surface area contributed by atoms with Crippen molar-refractivity contribution < 1.29 is 0 Å². The normalized spacial score (nSPS) is 13.6. The number of fused-ring (bicyclic) bond motifs is 7. The van der Waals surface area contributed by atoms with Gasteiger partial charge in [0.1, 0.15) is 0 Å². The van der Waals surface area contributed by atoms with Crippen molar-refractivity contribution in [2.75, 3.05) is 4.90 Å². The van der Waals surface area contributed by atoms with E-state index in [1.807, 2.05) is 0 Å². The average molecular weight is 880 g/mol. The van der Waals surface area contributed by atoms with E-state index < -0.39 is 5.41 Å². The number of nitrogens with zero attached hydrogens (tertiary/aromatic N) is 1. The van der Waals surface area contributed by atoms with Gasteiger partial charge < -0.3 is 4.90 Å². The molecule has 69 heavy (non-hydrogen) atoms. The van der Waals surface area contributed by atoms with Crippen molar-refractivity contribution in [3.63, 3.8) is 0 Å². The van der Waals surface area contributed by atoms with Gasteiger partial charge in [0, 0.05) is 22.4 Å². The Morgan fingerprint density at radius 2 is 0.725 bits per heavy atom. The lowest BCUT2D eigenvalue weighted by molar-refractivity contribution is 0.660. The molecule has 0 aliphatic heterocycles. The molecule has 0 radical (unpaired) electrons. The van der Waals surface area contributed by atoms with Crippen molar-refractivity contribution >= 4 is 27.8 Å². The van der Waals surface area contributed by atoms with Gasteiger partial charge in [-0.2, -0.15) is 0 Å². The minimum Gasteiger partial charge on any atom is -0.310 e. The monoisotopic (exact) mass is 879 g/mol. The van der Waals surface area contributed by atoms with Crippen molar-refractivity contribution in [3.05, 3.63) is 294 Å². The van der Waals surface area contributed by atoms with Crippen molar-refractivity contribution in [1.82, 2.24) is 0 Å². The molecule has 2 aliphatic carbocycles. The fourth-order valence-electron chi connectivity index (χ4n) is 11.8. The van der Waals surface area contributed by atoms with Crippen LogP contribution in [-0.2, 0) is 10.8 Å². The summed E-state index contributed by atoms with van der Waals surface area (Å²) >= 11 is 0. The number of hydrogen-bond acceptors (Lipinski definition) is 1. The molecule has 0 saturated carbocycles. The molecule has 0 spiro atoms. The van der Waals surface area contributed by atoms with E-state index >= 15 is 0 Å². The van der Waals surface area contributed by atoms with E-state index in [4.69, 9.17) is 0 Å². The van der Waals surface area contributed by atoms with E-state index in [0.717, 1.165) is 17.1 Å². The summed E-state index contributed by atoms with van der Waals surface area (Å²) in [6.45, 7) is 4.80. The average Bonchev–Trinajstić information content (AvgIpc) is 3.84. The number of hydrogen-bond donors (Lipinski definition) is 0. The van der Waals surface area contributed by atoms with Crippen LogP contribution in [0.2, 0.25) is 0 Å². The molecule has 0 unspecified atom stereocenters. The van der Waals surface area contributed by atoms with Gasteiger partial charge in [0.15, 0.2) is 0 Å². The van der Waals surface area contributed by atoms with Crippen LogP contribution in [0.25, 0.3) is 66.4 Å². The molecule has 0 N–H and O–H groups in total. The van der Waals surface area contributed by atoms with E-state index in [2.05, 4.69) is 280 Å². The van der Waals surface area contributed by atoms with Crippen LogP contribution < -0.4 is 4.90 Å². The molecule has 11 aromatic carbocycles. The van der Waals surface area contributed by atoms with Crippen molar-refractivity contribution in [2.24, 2.45) is 0 Å². The summed E-state index contributed by atoms with van der Waals surface area (Å²) in [7, 11) is 0. The van der Waals surface area contributed by atoms with E-state index in [-0.39, 0.29) is 5.41 Å². The van der Waals surface area contributed by atoms with Crippen LogP contribution in [-0.4, -0.2) is 0 Å². The highest BCUT2D eigenvalue weighted by molar-refractivity contribution is 5.95. The van der Waals surface area contributed by atoms with Crippen molar-refractivity contribution in [2.45, 2.75) is 24.7 Å². The molecule has 1 heteroatoms. The van der Waals surface area contributed by atoms with Crippen LogP contribution in [0.15, 0.2) is 261 Å². The summed E-state index contributed by atoms with van der Waals surface area (Å²) in [6.07, 6.45) is 0. The molecular formula is C68H49N. The van der Waals surface area contributed by atoms with Gasteiger partial charge in [-0.15, -0.1) is 0 Å². The van der Waals surface area contributed by atoms with E-state index in [1.165, 1.54) is 99.8 Å². The molecule has 11 aromatic rings. The highest BCUT2D eigenvalue weighted by Gasteiger charge is 2.46. The molecule has 0 fully saturated rings. The zero-order chi connectivity index (χ0) is 46.1. The standard InChI is InChI=1S/C68H49N/c1-67(2)63-43-52(51-35-32-47-20-12-13-21-50(47)42-51)36-39-59(63)60-40-37-55(44-64(60)67)69(66-29-17-15-26-57(66)49-33-30-48(31-34-49)46-18-6-3-7-19-46)56-38-41-61-58-27-14-16-28-62(58)68(65(61)45-56,53-22-8-4-9-23-53)54-24-10-5-11-25-54/h3-45H,1-2H3. The smallest absolute Gasteiger partial charge is 0.0714 e. The molecule has 1 nitrogen and oxygen atoms in total. The van der Waals surface area contributed by atoms with E-state index in [0.29, 0.717) is 0 Å². The predicted molar refractivity (Wildman–Crippen MR) is 290 cm³/mol. The number of anilines is 3. The first-order chi connectivity index (χ1) is 34.0. The summed E-state index contributed by atoms with van der Waals surface area (Å²) in [5.41, 5.74) is 22.7. The highest BCUT2D eigenvalue weighted by atomic mass is 15.1. The number of benzene rings is 11. The van der Waals surface area contributed by atoms with Crippen LogP contribution in [0.4, 0.5) is 17.1 Å². The maximum atomic E-state index is 2.52. The lowest BCUT2D eigenvalue weighted by atomic mass is 9.67. The lowest BCUT2D eigenvalue weighted by Crippen LogP contribution is -2.28. The molecule has 0 atom stereocenters. The molecule has 0 heterocycles. The van der Waals surface area contributed by atoms with Gasteiger partial charge in [0.2, 0.25) is 0 Å². The fraction of sp³-hybridized carbons (Fsp3) is 0.0588. The maximum absolute atomic E-state index is 2.52. The third kappa shape index (κ3) is 6.46. The summed E-state index contributed by atoms with van der Waals surface area (Å²) in [5.74, 6) is 0. The molecule has 2 aliphatic rings. The van der Waals surface area contributed by atoms with Gasteiger partial charge >= 0.3 is 0 Å².